The van der Waals surface area contributed by atoms with Crippen molar-refractivity contribution in [2.24, 2.45) is 0 Å². The molecule has 0 saturated heterocycles. The Morgan fingerprint density at radius 3 is 2.50 bits per heavy atom. The highest BCUT2D eigenvalue weighted by atomic mass is 127. The van der Waals surface area contributed by atoms with Crippen molar-refractivity contribution in [3.8, 4) is 0 Å². The van der Waals surface area contributed by atoms with Gasteiger partial charge in [-0.3, -0.25) is 0 Å². The maximum Gasteiger partial charge on any atom is 0.0563 e. The third-order valence-electron chi connectivity index (χ3n) is 0.483. The Balaban J connectivity index is 2.86. The first kappa shape index (κ1) is 8.00. The second-order valence-electron chi connectivity index (χ2n) is 1.02. The van der Waals surface area contributed by atoms with Gasteiger partial charge in [-0.15, -0.1) is 0 Å². The molecule has 0 N–H and O–H groups in total. The number of halogens is 4. The molecule has 46 valence electrons. The Morgan fingerprint density at radius 1 is 1.38 bits per heavy atom. The highest BCUT2D eigenvalue weighted by Gasteiger charge is 1.91. The van der Waals surface area contributed by atoms with Crippen molar-refractivity contribution in [3.05, 3.63) is 6.57 Å². The molecule has 0 amide bonds. The van der Waals surface area contributed by atoms with E-state index in [4.69, 9.17) is 0 Å². The molecule has 8 heavy (non-hydrogen) atoms. The Kier molecular flexibility index (Phi) is 3.92. The Labute approximate surface area is 84.9 Å². The fraction of sp³-hybridized carbons (Fsp3) is 0. The zero-order valence-electron chi connectivity index (χ0n) is 3.67. The average molecular weight is 464 g/mol. The second kappa shape index (κ2) is 3.92. The van der Waals surface area contributed by atoms with E-state index < -0.39 is 0 Å². The molecule has 0 atom stereocenters. The molecule has 0 aromatic carbocycles. The van der Waals surface area contributed by atoms with Crippen LogP contribution in [0.5, 0.6) is 0 Å². The van der Waals surface area contributed by atoms with E-state index in [-0.39, 0.29) is 41.5 Å². The van der Waals surface area contributed by atoms with Crippen LogP contribution in [0, 0.1) is 0 Å². The number of rotatable bonds is 0. The third-order valence-corrected chi connectivity index (χ3v) is 11.0. The lowest BCUT2D eigenvalue weighted by Gasteiger charge is -1.91. The van der Waals surface area contributed by atoms with Crippen LogP contribution in [0.15, 0.2) is 6.57 Å². The number of hydrogen-bond acceptors (Lipinski definition) is 0. The van der Waals surface area contributed by atoms with Crippen molar-refractivity contribution in [3.63, 3.8) is 0 Å². The van der Waals surface area contributed by atoms with Crippen LogP contribution in [0.1, 0.15) is 0 Å². The van der Waals surface area contributed by atoms with Crippen molar-refractivity contribution >= 4 is 79.8 Å². The summed E-state index contributed by atoms with van der Waals surface area (Å²) in [6.07, 6.45) is 0. The lowest BCUT2D eigenvalue weighted by Crippen LogP contribution is -1.78. The van der Waals surface area contributed by atoms with Crippen molar-refractivity contribution in [1.29, 1.82) is 0 Å². The van der Waals surface area contributed by atoms with Gasteiger partial charge >= 0.3 is 0 Å². The zero-order chi connectivity index (χ0) is 5.98. The topological polar surface area (TPSA) is 0 Å². The molecular formula is C4H2Br2I2. The molecule has 1 rings (SSSR count). The van der Waals surface area contributed by atoms with Crippen molar-refractivity contribution in [2.75, 3.05) is 0 Å². The molecule has 0 unspecified atom stereocenters. The number of hydrogen-bond donors (Lipinski definition) is 0. The van der Waals surface area contributed by atoms with E-state index in [1.807, 2.05) is 0 Å². The van der Waals surface area contributed by atoms with E-state index in [2.05, 4.69) is 40.0 Å². The molecule has 0 saturated carbocycles. The molecule has 4 heteroatoms. The van der Waals surface area contributed by atoms with Crippen molar-refractivity contribution < 1.29 is 0 Å². The van der Waals surface area contributed by atoms with Crippen molar-refractivity contribution in [2.45, 2.75) is 0 Å². The van der Waals surface area contributed by atoms with Gasteiger partial charge in [-0.05, 0) is 40.0 Å². The first-order chi connectivity index (χ1) is 3.79. The van der Waals surface area contributed by atoms with Gasteiger partial charge in [0.15, 0.2) is 0 Å². The van der Waals surface area contributed by atoms with E-state index in [1.54, 1.807) is 0 Å². The molecule has 0 spiro atoms. The van der Waals surface area contributed by atoms with Crippen LogP contribution in [-0.4, -0.2) is 6.43 Å². The van der Waals surface area contributed by atoms with Gasteiger partial charge in [-0.25, -0.2) is 0 Å². The smallest absolute Gasteiger partial charge is 0.0563 e. The standard InChI is InChI=1S/C4H2Br2I2/c5-3-1-7-4(6)2-8-3/h1-2H. The Morgan fingerprint density at radius 2 is 2.12 bits per heavy atom. The van der Waals surface area contributed by atoms with E-state index in [1.165, 1.54) is 4.91 Å². The molecule has 0 bridgehead atoms. The lowest BCUT2D eigenvalue weighted by molar-refractivity contribution is 2.63. The quantitative estimate of drug-likeness (QED) is 0.483. The van der Waals surface area contributed by atoms with Crippen molar-refractivity contribution in [1.82, 2.24) is 0 Å². The van der Waals surface area contributed by atoms with Crippen LogP contribution >= 0.6 is 73.3 Å². The van der Waals surface area contributed by atoms with Gasteiger partial charge in [0.1, 0.15) is 0 Å². The highest BCUT2D eigenvalue weighted by molar-refractivity contribution is 14.2. The third kappa shape index (κ3) is 2.66. The summed E-state index contributed by atoms with van der Waals surface area (Å²) >= 11 is 7.39. The lowest BCUT2D eigenvalue weighted by atomic mass is 11.0. The predicted molar refractivity (Wildman–Crippen MR) is 65.0 cm³/mol. The first-order valence-electron chi connectivity index (χ1n) is 1.77. The minimum Gasteiger partial charge on any atom is -0.0757 e. The molecule has 1 aliphatic heterocycles. The fourth-order valence-corrected chi connectivity index (χ4v) is 7.30. The summed E-state index contributed by atoms with van der Waals surface area (Å²) in [7, 11) is 0. The first-order valence-corrected chi connectivity index (χ1v) is 8.00. The second-order valence-corrected chi connectivity index (χ2v) is 10.5. The molecule has 0 aromatic heterocycles. The zero-order valence-corrected chi connectivity index (χ0v) is 11.2. The maximum atomic E-state index is 3.49. The molecule has 0 aliphatic carbocycles. The molecule has 0 radical (unpaired) electrons. The van der Waals surface area contributed by atoms with E-state index in [0.717, 1.165) is 0 Å². The summed E-state index contributed by atoms with van der Waals surface area (Å²) in [6.45, 7) is 0. The van der Waals surface area contributed by atoms with E-state index in [0.29, 0.717) is 0 Å². The van der Waals surface area contributed by atoms with Gasteiger partial charge in [0.05, 0.1) is 4.91 Å². The largest absolute Gasteiger partial charge is 0.0757 e. The van der Waals surface area contributed by atoms with Crippen LogP contribution in [-0.2, 0) is 0 Å². The molecule has 1 aliphatic rings. The van der Waals surface area contributed by atoms with Gasteiger partial charge in [-0.2, -0.15) is 0 Å². The summed E-state index contributed by atoms with van der Waals surface area (Å²) in [6, 6.07) is 0. The minimum absolute atomic E-state index is 0.208. The normalized spacial score (nSPS) is 19.8. The van der Waals surface area contributed by atoms with Gasteiger partial charge in [-0.1, -0.05) is 41.5 Å². The average Bonchev–Trinajstić information content (AvgIpc) is 1.77. The molecule has 0 nitrogen and oxygen atoms in total. The van der Waals surface area contributed by atoms with Crippen LogP contribution in [0.2, 0.25) is 0 Å². The summed E-state index contributed by atoms with van der Waals surface area (Å²) in [4.78, 5) is 0. The minimum atomic E-state index is 0.208. The predicted octanol–water partition coefficient (Wildman–Crippen LogP) is 3.46. The Bertz CT molecular complexity index is 160. The van der Waals surface area contributed by atoms with Gasteiger partial charge < -0.3 is 0 Å². The molecular weight excluding hydrogens is 462 g/mol. The van der Waals surface area contributed by atoms with Crippen LogP contribution < -0.4 is 0 Å². The van der Waals surface area contributed by atoms with E-state index >= 15 is 0 Å². The summed E-state index contributed by atoms with van der Waals surface area (Å²) in [5.74, 6) is 0. The van der Waals surface area contributed by atoms with Gasteiger partial charge in [0.2, 0.25) is 0 Å². The van der Waals surface area contributed by atoms with Gasteiger partial charge in [0.25, 0.3) is 0 Å². The SMILES string of the molecule is BrC1=CI=C(Br)C=I1. The van der Waals surface area contributed by atoms with Crippen LogP contribution in [0.25, 0.3) is 0 Å². The molecule has 1 heterocycles. The molecule has 0 fully saturated rings. The van der Waals surface area contributed by atoms with E-state index in [9.17, 15) is 0 Å². The Hall–Kier alpha value is 1.90. The van der Waals surface area contributed by atoms with Crippen LogP contribution in [0.4, 0.5) is 0 Å². The van der Waals surface area contributed by atoms with Crippen LogP contribution in [0.3, 0.4) is 0 Å². The highest BCUT2D eigenvalue weighted by Crippen LogP contribution is 2.29. The fourth-order valence-electron chi connectivity index (χ4n) is 0.234. The maximum absolute atomic E-state index is 3.49. The summed E-state index contributed by atoms with van der Waals surface area (Å²) in [5.41, 5.74) is 0. The summed E-state index contributed by atoms with van der Waals surface area (Å²) in [5, 5.41) is 0. The molecule has 0 aromatic rings. The monoisotopic (exact) mass is 462 g/mol. The van der Waals surface area contributed by atoms with Gasteiger partial charge in [0, 0.05) is 0 Å². The summed E-state index contributed by atoms with van der Waals surface area (Å²) < 4.78 is 7.56.